The Labute approximate surface area is 194 Å². The van der Waals surface area contributed by atoms with E-state index in [1.54, 1.807) is 13.3 Å². The van der Waals surface area contributed by atoms with Gasteiger partial charge in [-0.3, -0.25) is 4.90 Å². The van der Waals surface area contributed by atoms with Gasteiger partial charge in [0.2, 0.25) is 5.88 Å². The Kier molecular flexibility index (Phi) is 16.0. The van der Waals surface area contributed by atoms with Crippen LogP contribution in [0.3, 0.4) is 0 Å². The quantitative estimate of drug-likeness (QED) is 0.180. The molecule has 0 fully saturated rings. The predicted molar refractivity (Wildman–Crippen MR) is 131 cm³/mol. The fourth-order valence-corrected chi connectivity index (χ4v) is 2.91. The van der Waals surface area contributed by atoms with E-state index in [9.17, 15) is 0 Å². The standard InChI is InChI=1S/C21H39N5O2.HI/c1-7-22-21(23-11-8-12-26(17(2)3)18(4)5)25-16-19-9-10-20(24-15-19)28-14-13-27-6;/h9-10,15,17-18H,7-8,11-14,16H2,1-6H3,(H2,22,23,25);1H. The first-order valence-corrected chi connectivity index (χ1v) is 10.3. The molecule has 0 unspecified atom stereocenters. The molecule has 0 amide bonds. The average Bonchev–Trinajstić information content (AvgIpc) is 2.66. The molecule has 0 aliphatic rings. The van der Waals surface area contributed by atoms with Crippen molar-refractivity contribution in [2.45, 2.75) is 59.7 Å². The van der Waals surface area contributed by atoms with Crippen LogP contribution in [-0.2, 0) is 11.3 Å². The van der Waals surface area contributed by atoms with Crippen molar-refractivity contribution in [3.05, 3.63) is 23.9 Å². The lowest BCUT2D eigenvalue weighted by molar-refractivity contribution is 0.143. The van der Waals surface area contributed by atoms with Gasteiger partial charge in [-0.05, 0) is 46.6 Å². The Hall–Kier alpha value is -1.13. The number of pyridine rings is 1. The van der Waals surface area contributed by atoms with Crippen LogP contribution in [0.15, 0.2) is 23.3 Å². The first-order chi connectivity index (χ1) is 13.5. The maximum Gasteiger partial charge on any atom is 0.213 e. The van der Waals surface area contributed by atoms with Gasteiger partial charge in [0.1, 0.15) is 6.61 Å². The number of aliphatic imine (C=N–C) groups is 1. The third-order valence-corrected chi connectivity index (χ3v) is 4.31. The summed E-state index contributed by atoms with van der Waals surface area (Å²) in [6.07, 6.45) is 2.88. The molecule has 1 aromatic heterocycles. The molecule has 0 atom stereocenters. The summed E-state index contributed by atoms with van der Waals surface area (Å²) in [6.45, 7) is 15.5. The summed E-state index contributed by atoms with van der Waals surface area (Å²) in [5.41, 5.74) is 1.04. The number of halogens is 1. The van der Waals surface area contributed by atoms with E-state index in [1.807, 2.05) is 12.1 Å². The number of aromatic nitrogens is 1. The van der Waals surface area contributed by atoms with Gasteiger partial charge in [-0.2, -0.15) is 0 Å². The molecular formula is C21H40IN5O2. The number of methoxy groups -OCH3 is 1. The number of ether oxygens (including phenoxy) is 2. The molecule has 2 N–H and O–H groups in total. The monoisotopic (exact) mass is 521 g/mol. The molecule has 29 heavy (non-hydrogen) atoms. The van der Waals surface area contributed by atoms with Crippen molar-refractivity contribution in [2.75, 3.05) is 40.0 Å². The van der Waals surface area contributed by atoms with Crippen LogP contribution in [-0.4, -0.2) is 67.9 Å². The van der Waals surface area contributed by atoms with Crippen LogP contribution in [0, 0.1) is 0 Å². The largest absolute Gasteiger partial charge is 0.475 e. The third-order valence-electron chi connectivity index (χ3n) is 4.31. The van der Waals surface area contributed by atoms with Gasteiger partial charge >= 0.3 is 0 Å². The summed E-state index contributed by atoms with van der Waals surface area (Å²) in [4.78, 5) is 11.5. The van der Waals surface area contributed by atoms with Gasteiger partial charge < -0.3 is 20.1 Å². The number of hydrogen-bond acceptors (Lipinski definition) is 5. The molecule has 0 aliphatic heterocycles. The van der Waals surface area contributed by atoms with E-state index in [0.717, 1.165) is 37.6 Å². The molecule has 168 valence electrons. The van der Waals surface area contributed by atoms with Gasteiger partial charge in [0, 0.05) is 51.1 Å². The molecular weight excluding hydrogens is 481 g/mol. The van der Waals surface area contributed by atoms with E-state index < -0.39 is 0 Å². The Morgan fingerprint density at radius 2 is 1.86 bits per heavy atom. The van der Waals surface area contributed by atoms with Crippen molar-refractivity contribution in [2.24, 2.45) is 4.99 Å². The minimum Gasteiger partial charge on any atom is -0.475 e. The topological polar surface area (TPSA) is 71.0 Å². The summed E-state index contributed by atoms with van der Waals surface area (Å²) in [5.74, 6) is 1.44. The van der Waals surface area contributed by atoms with Crippen molar-refractivity contribution >= 4 is 29.9 Å². The fraction of sp³-hybridized carbons (Fsp3) is 0.714. The molecule has 1 rings (SSSR count). The van der Waals surface area contributed by atoms with Crippen LogP contribution in [0.4, 0.5) is 0 Å². The molecule has 8 heteroatoms. The van der Waals surface area contributed by atoms with Crippen LogP contribution in [0.2, 0.25) is 0 Å². The van der Waals surface area contributed by atoms with E-state index in [1.165, 1.54) is 0 Å². The van der Waals surface area contributed by atoms with Gasteiger partial charge in [-0.25, -0.2) is 9.98 Å². The number of rotatable bonds is 13. The van der Waals surface area contributed by atoms with Crippen LogP contribution < -0.4 is 15.4 Å². The molecule has 0 radical (unpaired) electrons. The van der Waals surface area contributed by atoms with E-state index >= 15 is 0 Å². The maximum atomic E-state index is 5.48. The van der Waals surface area contributed by atoms with Crippen LogP contribution in [0.1, 0.15) is 46.6 Å². The molecule has 0 spiro atoms. The van der Waals surface area contributed by atoms with E-state index in [-0.39, 0.29) is 24.0 Å². The lowest BCUT2D eigenvalue weighted by atomic mass is 10.2. The van der Waals surface area contributed by atoms with E-state index in [4.69, 9.17) is 9.47 Å². The van der Waals surface area contributed by atoms with Crippen molar-refractivity contribution in [3.63, 3.8) is 0 Å². The molecule has 0 bridgehead atoms. The lowest BCUT2D eigenvalue weighted by Crippen LogP contribution is -2.41. The van der Waals surface area contributed by atoms with Crippen LogP contribution in [0.25, 0.3) is 0 Å². The second-order valence-corrected chi connectivity index (χ2v) is 7.25. The molecule has 0 saturated heterocycles. The summed E-state index contributed by atoms with van der Waals surface area (Å²) in [5, 5.41) is 6.72. The van der Waals surface area contributed by atoms with Crippen molar-refractivity contribution in [3.8, 4) is 5.88 Å². The molecule has 7 nitrogen and oxygen atoms in total. The highest BCUT2D eigenvalue weighted by Crippen LogP contribution is 2.08. The van der Waals surface area contributed by atoms with Gasteiger partial charge in [-0.15, -0.1) is 24.0 Å². The number of nitrogens with zero attached hydrogens (tertiary/aromatic N) is 3. The average molecular weight is 521 g/mol. The predicted octanol–water partition coefficient (Wildman–Crippen LogP) is 3.29. The summed E-state index contributed by atoms with van der Waals surface area (Å²) in [6, 6.07) is 4.99. The first kappa shape index (κ1) is 27.9. The zero-order chi connectivity index (χ0) is 20.8. The molecule has 1 aromatic rings. The Balaban J connectivity index is 0.00000784. The van der Waals surface area contributed by atoms with Crippen molar-refractivity contribution in [1.82, 2.24) is 20.5 Å². The van der Waals surface area contributed by atoms with Gasteiger partial charge in [0.15, 0.2) is 5.96 Å². The van der Waals surface area contributed by atoms with E-state index in [2.05, 4.69) is 60.1 Å². The zero-order valence-corrected chi connectivity index (χ0v) is 21.2. The van der Waals surface area contributed by atoms with Crippen molar-refractivity contribution < 1.29 is 9.47 Å². The fourth-order valence-electron chi connectivity index (χ4n) is 2.91. The second kappa shape index (κ2) is 16.6. The highest BCUT2D eigenvalue weighted by Gasteiger charge is 2.12. The zero-order valence-electron chi connectivity index (χ0n) is 18.9. The normalized spacial score (nSPS) is 11.7. The Bertz CT molecular complexity index is 545. The molecule has 0 aliphatic carbocycles. The minimum absolute atomic E-state index is 0. The second-order valence-electron chi connectivity index (χ2n) is 7.25. The van der Waals surface area contributed by atoms with Gasteiger partial charge in [0.05, 0.1) is 13.2 Å². The minimum atomic E-state index is 0. The molecule has 0 aromatic carbocycles. The third kappa shape index (κ3) is 12.2. The van der Waals surface area contributed by atoms with Gasteiger partial charge in [-0.1, -0.05) is 6.07 Å². The maximum absolute atomic E-state index is 5.48. The Morgan fingerprint density at radius 3 is 2.41 bits per heavy atom. The summed E-state index contributed by atoms with van der Waals surface area (Å²) >= 11 is 0. The Morgan fingerprint density at radius 1 is 1.14 bits per heavy atom. The highest BCUT2D eigenvalue weighted by atomic mass is 127. The first-order valence-electron chi connectivity index (χ1n) is 10.3. The van der Waals surface area contributed by atoms with E-state index in [0.29, 0.717) is 37.7 Å². The summed E-state index contributed by atoms with van der Waals surface area (Å²) < 4.78 is 10.4. The SMILES string of the molecule is CCNC(=NCc1ccc(OCCOC)nc1)NCCCN(C(C)C)C(C)C.I. The van der Waals surface area contributed by atoms with Crippen LogP contribution in [0.5, 0.6) is 5.88 Å². The number of nitrogens with one attached hydrogen (secondary N) is 2. The van der Waals surface area contributed by atoms with Crippen LogP contribution >= 0.6 is 24.0 Å². The number of guanidine groups is 1. The molecule has 0 saturated carbocycles. The molecule has 1 heterocycles. The van der Waals surface area contributed by atoms with Crippen molar-refractivity contribution in [1.29, 1.82) is 0 Å². The summed E-state index contributed by atoms with van der Waals surface area (Å²) in [7, 11) is 1.65. The highest BCUT2D eigenvalue weighted by molar-refractivity contribution is 14.0. The smallest absolute Gasteiger partial charge is 0.213 e. The lowest BCUT2D eigenvalue weighted by Gasteiger charge is -2.30. The van der Waals surface area contributed by atoms with Gasteiger partial charge in [0.25, 0.3) is 0 Å². The number of hydrogen-bond donors (Lipinski definition) is 2.